The van der Waals surface area contributed by atoms with Gasteiger partial charge in [-0.3, -0.25) is 0 Å². The molecule has 4 aliphatic rings. The van der Waals surface area contributed by atoms with Gasteiger partial charge in [-0.05, 0) is 0 Å². The Balaban J connectivity index is 0.00000441. The first-order chi connectivity index (χ1) is 18.3. The molecular formula is C20H38ClN5O14. The fourth-order valence-electron chi connectivity index (χ4n) is 5.26. The summed E-state index contributed by atoms with van der Waals surface area (Å²) in [6.45, 7) is -1.47. The quantitative estimate of drug-likeness (QED) is 0.0983. The van der Waals surface area contributed by atoms with Crippen LogP contribution in [0.2, 0.25) is 0 Å². The van der Waals surface area contributed by atoms with Gasteiger partial charge in [0.05, 0.1) is 31.4 Å². The van der Waals surface area contributed by atoms with Crippen LogP contribution in [-0.4, -0.2) is 169 Å². The number of halogens is 1. The summed E-state index contributed by atoms with van der Waals surface area (Å²) >= 11 is 0. The van der Waals surface area contributed by atoms with Crippen LogP contribution in [0, 0.1) is 0 Å². The van der Waals surface area contributed by atoms with Gasteiger partial charge in [0, 0.05) is 0 Å². The van der Waals surface area contributed by atoms with Crippen molar-refractivity contribution in [2.75, 3.05) is 13.2 Å². The lowest BCUT2D eigenvalue weighted by Gasteiger charge is -2.46. The van der Waals surface area contributed by atoms with E-state index < -0.39 is 123 Å². The van der Waals surface area contributed by atoms with Crippen LogP contribution in [0.4, 0.5) is 0 Å². The molecular weight excluding hydrogens is 570 g/mol. The second kappa shape index (κ2) is 12.7. The van der Waals surface area contributed by atoms with E-state index in [1.54, 1.807) is 0 Å². The van der Waals surface area contributed by atoms with Gasteiger partial charge in [-0.1, -0.05) is 0 Å². The number of aliphatic hydroxyl groups excluding tert-OH is 9. The zero-order valence-corrected chi connectivity index (χ0v) is 21.7. The summed E-state index contributed by atoms with van der Waals surface area (Å²) in [5.74, 6) is -3.06. The number of hydrogen-bond donors (Lipinski definition) is 13. The Hall–Kier alpha value is -1.08. The SMILES string of the molecule is Cl.NC(N)=NC1C(O)C(N)C(O)C(OC2OC(CO)C(O)C3OC4(OC(C(N)CO)C(O)C(O)C4O)OC23)C1O. The molecule has 1 aliphatic carbocycles. The Morgan fingerprint density at radius 2 is 1.48 bits per heavy atom. The second-order valence-electron chi connectivity index (χ2n) is 10.0. The molecule has 3 aliphatic heterocycles. The van der Waals surface area contributed by atoms with Crippen molar-refractivity contribution in [2.24, 2.45) is 27.9 Å². The predicted octanol–water partition coefficient (Wildman–Crippen LogP) is -8.82. The summed E-state index contributed by atoms with van der Waals surface area (Å²) in [6.07, 6.45) is -21.7. The topological polar surface area (TPSA) is 345 Å². The van der Waals surface area contributed by atoms with Gasteiger partial charge >= 0.3 is 5.97 Å². The third kappa shape index (κ3) is 5.64. The van der Waals surface area contributed by atoms with Crippen molar-refractivity contribution in [3.8, 4) is 0 Å². The monoisotopic (exact) mass is 607 g/mol. The van der Waals surface area contributed by atoms with Crippen LogP contribution >= 0.6 is 12.4 Å². The van der Waals surface area contributed by atoms with Crippen molar-refractivity contribution in [3.63, 3.8) is 0 Å². The van der Waals surface area contributed by atoms with Crippen molar-refractivity contribution >= 4 is 18.4 Å². The van der Waals surface area contributed by atoms with Gasteiger partial charge in [-0.2, -0.15) is 0 Å². The van der Waals surface area contributed by atoms with Crippen molar-refractivity contribution in [3.05, 3.63) is 0 Å². The van der Waals surface area contributed by atoms with Gasteiger partial charge in [-0.15, -0.1) is 12.4 Å². The molecule has 4 fully saturated rings. The lowest BCUT2D eigenvalue weighted by atomic mass is 9.82. The number of nitrogens with zero attached hydrogens (tertiary/aromatic N) is 1. The van der Waals surface area contributed by atoms with Crippen LogP contribution in [0.15, 0.2) is 4.99 Å². The molecule has 0 aromatic rings. The highest BCUT2D eigenvalue weighted by Gasteiger charge is 2.67. The number of nitrogens with two attached hydrogens (primary N) is 4. The van der Waals surface area contributed by atoms with Crippen molar-refractivity contribution in [2.45, 2.75) is 104 Å². The van der Waals surface area contributed by atoms with Gasteiger partial charge < -0.3 is 92.6 Å². The van der Waals surface area contributed by atoms with Crippen molar-refractivity contribution in [1.82, 2.24) is 0 Å². The molecule has 17 N–H and O–H groups in total. The van der Waals surface area contributed by atoms with E-state index >= 15 is 0 Å². The summed E-state index contributed by atoms with van der Waals surface area (Å²) in [4.78, 5) is 3.75. The van der Waals surface area contributed by atoms with Gasteiger partial charge in [-0.25, -0.2) is 4.99 Å². The van der Waals surface area contributed by atoms with Gasteiger partial charge in [0.1, 0.15) is 67.1 Å². The Kier molecular flexibility index (Phi) is 10.6. The third-order valence-electron chi connectivity index (χ3n) is 7.46. The fraction of sp³-hybridized carbons (Fsp3) is 0.950. The summed E-state index contributed by atoms with van der Waals surface area (Å²) in [5, 5.41) is 93.4. The van der Waals surface area contributed by atoms with E-state index in [4.69, 9.17) is 46.6 Å². The second-order valence-corrected chi connectivity index (χ2v) is 10.0. The number of guanidine groups is 1. The zero-order valence-electron chi connectivity index (χ0n) is 20.9. The Bertz CT molecular complexity index is 895. The minimum Gasteiger partial charge on any atom is -0.395 e. The molecule has 0 radical (unpaired) electrons. The first-order valence-corrected chi connectivity index (χ1v) is 12.2. The van der Waals surface area contributed by atoms with E-state index in [-0.39, 0.29) is 12.4 Å². The summed E-state index contributed by atoms with van der Waals surface area (Å²) in [7, 11) is 0. The van der Waals surface area contributed by atoms with Crippen molar-refractivity contribution in [1.29, 1.82) is 0 Å². The molecule has 20 heteroatoms. The molecule has 17 atom stereocenters. The van der Waals surface area contributed by atoms with E-state index in [0.717, 1.165) is 0 Å². The smallest absolute Gasteiger partial charge is 0.314 e. The Morgan fingerprint density at radius 3 is 2.05 bits per heavy atom. The third-order valence-corrected chi connectivity index (χ3v) is 7.46. The van der Waals surface area contributed by atoms with Crippen LogP contribution in [0.5, 0.6) is 0 Å². The molecule has 0 bridgehead atoms. The molecule has 3 heterocycles. The minimum atomic E-state index is -2.57. The van der Waals surface area contributed by atoms with E-state index in [1.165, 1.54) is 0 Å². The van der Waals surface area contributed by atoms with Gasteiger partial charge in [0.25, 0.3) is 0 Å². The molecule has 1 spiro atoms. The number of aliphatic imine (C=N–C) groups is 1. The fourth-order valence-corrected chi connectivity index (χ4v) is 5.26. The maximum atomic E-state index is 10.8. The number of ether oxygens (including phenoxy) is 5. The molecule has 17 unspecified atom stereocenters. The first-order valence-electron chi connectivity index (χ1n) is 12.2. The van der Waals surface area contributed by atoms with Crippen LogP contribution in [0.25, 0.3) is 0 Å². The van der Waals surface area contributed by atoms with Crippen LogP contribution in [0.3, 0.4) is 0 Å². The number of fused-ring (bicyclic) bond motifs is 1. The molecule has 4 rings (SSSR count). The van der Waals surface area contributed by atoms with E-state index in [9.17, 15) is 46.0 Å². The highest BCUT2D eigenvalue weighted by Crippen LogP contribution is 2.45. The standard InChI is InChI=1S/C20H37N5O14.ClH/c21-3(1-26)13-11(32)12(33)17(34)20(37-13)38-15-7(28)4(2-27)35-18(16(15)39-20)36-14-9(30)5(22)8(29)6(10(14)31)25-19(23)24;/h3-18,26-34H,1-2,21-22H2,(H4,23,24,25);1H. The number of aliphatic hydroxyl groups is 9. The lowest BCUT2D eigenvalue weighted by Crippen LogP contribution is -2.69. The minimum absolute atomic E-state index is 0. The van der Waals surface area contributed by atoms with E-state index in [0.29, 0.717) is 0 Å². The molecule has 234 valence electrons. The maximum absolute atomic E-state index is 10.8. The Morgan fingerprint density at radius 1 is 0.850 bits per heavy atom. The largest absolute Gasteiger partial charge is 0.395 e. The van der Waals surface area contributed by atoms with Crippen molar-refractivity contribution < 1.29 is 69.6 Å². The number of hydrogen-bond acceptors (Lipinski definition) is 17. The predicted molar refractivity (Wildman–Crippen MR) is 130 cm³/mol. The normalized spacial score (nSPS) is 51.5. The average Bonchev–Trinajstić information content (AvgIpc) is 3.30. The first kappa shape index (κ1) is 33.4. The Labute approximate surface area is 233 Å². The van der Waals surface area contributed by atoms with Crippen LogP contribution in [0.1, 0.15) is 0 Å². The molecule has 0 aromatic heterocycles. The van der Waals surface area contributed by atoms with Gasteiger partial charge in [0.2, 0.25) is 0 Å². The van der Waals surface area contributed by atoms with Crippen LogP contribution < -0.4 is 22.9 Å². The molecule has 0 amide bonds. The number of rotatable bonds is 6. The highest BCUT2D eigenvalue weighted by molar-refractivity contribution is 5.85. The van der Waals surface area contributed by atoms with Gasteiger partial charge in [0.15, 0.2) is 18.4 Å². The molecule has 3 saturated heterocycles. The summed E-state index contributed by atoms with van der Waals surface area (Å²) in [5.41, 5.74) is 22.4. The highest BCUT2D eigenvalue weighted by atomic mass is 35.5. The average molecular weight is 608 g/mol. The summed E-state index contributed by atoms with van der Waals surface area (Å²) in [6, 6.07) is -4.09. The molecule has 19 nitrogen and oxygen atoms in total. The van der Waals surface area contributed by atoms with Crippen LogP contribution in [-0.2, 0) is 23.7 Å². The molecule has 40 heavy (non-hydrogen) atoms. The van der Waals surface area contributed by atoms with E-state index in [1.807, 2.05) is 0 Å². The van der Waals surface area contributed by atoms with E-state index in [2.05, 4.69) is 4.99 Å². The lowest BCUT2D eigenvalue weighted by molar-refractivity contribution is -0.439. The molecule has 0 aromatic carbocycles. The zero-order chi connectivity index (χ0) is 29.0. The molecule has 1 saturated carbocycles. The maximum Gasteiger partial charge on any atom is 0.314 e. The summed E-state index contributed by atoms with van der Waals surface area (Å²) < 4.78 is 28.5.